The van der Waals surface area contributed by atoms with Crippen LogP contribution in [0.4, 0.5) is 0 Å². The van der Waals surface area contributed by atoms with E-state index in [1.807, 2.05) is 145 Å². The molecule has 0 aromatic carbocycles. The zero-order chi connectivity index (χ0) is 99.7. The van der Waals surface area contributed by atoms with E-state index in [1.54, 1.807) is 28.8 Å². The zero-order valence-corrected chi connectivity index (χ0v) is 88.6. The fourth-order valence-corrected chi connectivity index (χ4v) is 24.9. The number of rotatable bonds is 31. The van der Waals surface area contributed by atoms with E-state index < -0.39 is 142 Å². The molecule has 3 saturated heterocycles. The molecule has 9 aliphatic carbocycles. The van der Waals surface area contributed by atoms with Gasteiger partial charge in [-0.05, 0) is 195 Å². The van der Waals surface area contributed by atoms with Crippen molar-refractivity contribution in [2.75, 3.05) is 33.7 Å². The molecular formula is C101H179Cl2N15O16. The average molecular weight is 1930 g/mol. The van der Waals surface area contributed by atoms with Crippen LogP contribution in [0.15, 0.2) is 0 Å². The van der Waals surface area contributed by atoms with Gasteiger partial charge >= 0.3 is 5.97 Å². The number of aliphatic carboxylic acids is 1. The van der Waals surface area contributed by atoms with Crippen molar-refractivity contribution < 1.29 is 78.0 Å². The molecular weight excluding hydrogens is 1750 g/mol. The quantitative estimate of drug-likeness (QED) is 0.0307. The molecule has 134 heavy (non-hydrogen) atoms. The Balaban J connectivity index is 0.000000260. The van der Waals surface area contributed by atoms with Gasteiger partial charge in [-0.2, -0.15) is 0 Å². The van der Waals surface area contributed by atoms with Crippen LogP contribution in [0, 0.1) is 81.2 Å². The predicted octanol–water partition coefficient (Wildman–Crippen LogP) is 9.12. The first-order valence-electron chi connectivity index (χ1n) is 50.1. The molecule has 6 spiro atoms. The second-order valence-corrected chi connectivity index (χ2v) is 50.2. The van der Waals surface area contributed by atoms with Crippen LogP contribution in [0.5, 0.6) is 0 Å². The minimum atomic E-state index is -1.38. The van der Waals surface area contributed by atoms with Gasteiger partial charge in [-0.25, -0.2) is 0 Å². The van der Waals surface area contributed by atoms with Gasteiger partial charge in [0.2, 0.25) is 47.3 Å². The van der Waals surface area contributed by atoms with Gasteiger partial charge in [-0.1, -0.05) is 225 Å². The van der Waals surface area contributed by atoms with E-state index >= 15 is 0 Å². The highest BCUT2D eigenvalue weighted by Crippen LogP contribution is 2.90. The van der Waals surface area contributed by atoms with Crippen molar-refractivity contribution in [3.63, 3.8) is 0 Å². The van der Waals surface area contributed by atoms with Crippen LogP contribution < -0.4 is 64.6 Å². The Kier molecular flexibility index (Phi) is 35.7. The van der Waals surface area contributed by atoms with E-state index in [0.29, 0.717) is 77.4 Å². The molecule has 18 N–H and O–H groups in total. The number of nitrogens with two attached hydrogens (primary N) is 2. The molecule has 0 radical (unpaired) electrons. The summed E-state index contributed by atoms with van der Waals surface area (Å²) in [6, 6.07) is -8.32. The number of aliphatic hydroxyl groups excluding tert-OH is 3. The second-order valence-electron chi connectivity index (χ2n) is 50.2. The maximum Gasteiger partial charge on any atom is 0.321 e. The fraction of sp³-hybridized carbons (Fsp3) is 0.881. The average Bonchev–Trinajstić information content (AvgIpc) is 1.46. The number of hydrogen-bond donors (Lipinski definition) is 16. The lowest BCUT2D eigenvalue weighted by Crippen LogP contribution is -2.62. The standard InChI is InChI=1S/C34H59N5O5.C33H57N5O5.C27H46N4O4.C7H15NO2.2ClH/c1-11-13-21(23(40)27(42)36-20-14-15-20)37-26(41)22-18-34(32(8,9)33(34)16-12-17-33)19-39(22)29(44)25(31(5,6)7)38-28(43)24(35-10)30(2,3)4;1-10-12-20(22(39)26(41)35-19-13-14-19)36-25(40)21-17-33(31(8,9)32(33)15-11-16-32)18-38(21)28(43)24(30(5,6)7)37-27(42)23(34)29(2,3)4;1-7-9-17(19(32)22(34)29-16-10-11-16)30-21(33)18-14-27(25(5,6)26(27)12-8-13-26)15-31(18)23(35)20(28)24(2,3)4;1-7(2,3)5(8-4)6(9)10;;/h20-25,35,40H,11-19H2,1-10H3,(H,36,42)(H,37,41)(H,38,43);19-24,39H,10-18,34H2,1-9H3,(H,35,41)(H,36,40)(H,37,42);16-20,32H,7-15,28H2,1-6H3,(H,29,34)(H,30,33);5,8H,1-4H3,(H,9,10);2*1H/t21-,22-,23?,24+,25+,34+;20-,21-,22?,23+,24+,33+;17-,18-,19?,20+,27+;5-;;/m0001../s1. The Morgan fingerprint density at radius 2 is 0.590 bits per heavy atom. The lowest BCUT2D eigenvalue weighted by Gasteiger charge is -2.38. The lowest BCUT2D eigenvalue weighted by molar-refractivity contribution is -0.145. The number of halogens is 2. The number of carbonyl (C=O) groups is 12. The molecule has 9 saturated carbocycles. The number of carboxylic acid groups (broad SMARTS) is 1. The van der Waals surface area contributed by atoms with Crippen molar-refractivity contribution in [1.29, 1.82) is 0 Å². The maximum atomic E-state index is 14.6. The number of carbonyl (C=O) groups excluding carboxylic acids is 11. The number of likely N-dealkylation sites (N-methyl/N-ethyl adjacent to an activating group) is 2. The summed E-state index contributed by atoms with van der Waals surface area (Å²) in [6.07, 6.45) is 16.5. The fourth-order valence-electron chi connectivity index (χ4n) is 24.9. The van der Waals surface area contributed by atoms with Gasteiger partial charge < -0.3 is 99.8 Å². The van der Waals surface area contributed by atoms with E-state index in [-0.39, 0.29) is 144 Å². The zero-order valence-electron chi connectivity index (χ0n) is 87.0. The molecule has 33 heteroatoms. The van der Waals surface area contributed by atoms with Crippen LogP contribution in [-0.2, 0) is 57.5 Å². The van der Waals surface area contributed by atoms with Crippen LogP contribution in [-0.4, -0.2) is 249 Å². The smallest absolute Gasteiger partial charge is 0.321 e. The highest BCUT2D eigenvalue weighted by molar-refractivity contribution is 5.97. The van der Waals surface area contributed by atoms with Gasteiger partial charge in [0.1, 0.15) is 36.3 Å². The van der Waals surface area contributed by atoms with Crippen molar-refractivity contribution in [2.45, 2.75) is 450 Å². The van der Waals surface area contributed by atoms with Crippen molar-refractivity contribution in [1.82, 2.24) is 67.9 Å². The molecule has 3 heterocycles. The monoisotopic (exact) mass is 1930 g/mol. The summed E-state index contributed by atoms with van der Waals surface area (Å²) in [5.74, 6) is -4.55. The molecule has 12 rings (SSSR count). The Bertz CT molecular complexity index is 4210. The minimum absolute atomic E-state index is 0. The molecule has 3 unspecified atom stereocenters. The van der Waals surface area contributed by atoms with Gasteiger partial charge in [0.05, 0.1) is 36.3 Å². The number of carboxylic acids is 1. The molecule has 0 aromatic heterocycles. The van der Waals surface area contributed by atoms with E-state index in [1.165, 1.54) is 6.42 Å². The summed E-state index contributed by atoms with van der Waals surface area (Å²) >= 11 is 0. The van der Waals surface area contributed by atoms with Crippen molar-refractivity contribution >= 4 is 95.8 Å². The number of hydrogen-bond acceptors (Lipinski definition) is 19. The minimum Gasteiger partial charge on any atom is -0.480 e. The van der Waals surface area contributed by atoms with Crippen molar-refractivity contribution in [2.24, 2.45) is 92.7 Å². The van der Waals surface area contributed by atoms with E-state index in [0.717, 1.165) is 89.9 Å². The Morgan fingerprint density at radius 1 is 0.343 bits per heavy atom. The molecule has 18 atom stereocenters. The summed E-state index contributed by atoms with van der Waals surface area (Å²) < 4.78 is 0. The molecule has 12 aliphatic rings. The summed E-state index contributed by atoms with van der Waals surface area (Å²) in [4.78, 5) is 165. The first-order chi connectivity index (χ1) is 60.6. The van der Waals surface area contributed by atoms with Gasteiger partial charge in [0.15, 0.2) is 18.3 Å². The van der Waals surface area contributed by atoms with E-state index in [2.05, 4.69) is 94.7 Å². The summed E-state index contributed by atoms with van der Waals surface area (Å²) in [5, 5.41) is 70.6. The molecule has 11 amide bonds. The Hall–Kier alpha value is -6.06. The number of nitrogens with zero attached hydrogens (tertiary/aromatic N) is 3. The van der Waals surface area contributed by atoms with E-state index in [9.17, 15) is 72.9 Å². The highest BCUT2D eigenvalue weighted by atomic mass is 35.5. The SMILES string of the molecule is CCC[C@H](NC(=O)[C@@H]1C[C@@]2(CN1C(=O)[C@@H](N)C(C)(C)C)C(C)(C)C21CCC1)C(O)C(=O)NC1CC1.CCC[C@H](NC(=O)[C@@H]1C[C@@]2(CN1C(=O)[C@@H](NC(=O)[C@@H](N)C(C)(C)C)C(C)(C)C)C(C)(C)C21CCC1)C(O)C(=O)NC1CC1.CCC[C@H](NC(=O)[C@@H]1C[C@@]2(CN1C(=O)[C@@H](NC(=O)[C@@H](NC)C(C)(C)C)C(C)(C)C)C(C)(C)C21CCC1)C(O)C(=O)NC1CC1.CN[C@H](C(=O)O)C(C)(C)C.Cl.Cl. The van der Waals surface area contributed by atoms with Gasteiger partial charge in [0, 0.05) is 54.0 Å². The maximum absolute atomic E-state index is 14.6. The predicted molar refractivity (Wildman–Crippen MR) is 524 cm³/mol. The van der Waals surface area contributed by atoms with Crippen molar-refractivity contribution in [3.05, 3.63) is 0 Å². The Labute approximate surface area is 813 Å². The number of nitrogens with one attached hydrogen (secondary N) is 10. The highest BCUT2D eigenvalue weighted by Gasteiger charge is 2.88. The first kappa shape index (κ1) is 115. The van der Waals surface area contributed by atoms with Crippen molar-refractivity contribution in [3.8, 4) is 0 Å². The number of aliphatic hydroxyl groups is 3. The van der Waals surface area contributed by atoms with Crippen LogP contribution in [0.3, 0.4) is 0 Å². The largest absolute Gasteiger partial charge is 0.480 e. The van der Waals surface area contributed by atoms with Crippen LogP contribution in [0.25, 0.3) is 0 Å². The van der Waals surface area contributed by atoms with Crippen LogP contribution in [0.2, 0.25) is 0 Å². The summed E-state index contributed by atoms with van der Waals surface area (Å²) in [7, 11) is 3.40. The van der Waals surface area contributed by atoms with Crippen LogP contribution in [0.1, 0.15) is 341 Å². The third-order valence-electron chi connectivity index (χ3n) is 34.7. The molecule has 3 aliphatic heterocycles. The number of fused-ring (bicyclic) bond motifs is 3. The second kappa shape index (κ2) is 41.6. The van der Waals surface area contributed by atoms with Gasteiger partial charge in [-0.15, -0.1) is 24.8 Å². The van der Waals surface area contributed by atoms with Gasteiger partial charge in [0.25, 0.3) is 17.7 Å². The first-order valence-corrected chi connectivity index (χ1v) is 50.1. The van der Waals surface area contributed by atoms with Crippen LogP contribution >= 0.6 is 24.8 Å². The molecule has 0 aromatic rings. The lowest BCUT2D eigenvalue weighted by atomic mass is 9.73. The Morgan fingerprint density at radius 3 is 0.776 bits per heavy atom. The van der Waals surface area contributed by atoms with E-state index in [4.69, 9.17) is 16.6 Å². The molecule has 31 nitrogen and oxygen atoms in total. The molecule has 768 valence electrons. The normalized spacial score (nSPS) is 27.5. The third kappa shape index (κ3) is 22.3. The number of likely N-dealkylation sites (tertiary alicyclic amines) is 3. The molecule has 0 bridgehead atoms. The topological polar surface area (TPSA) is 468 Å². The third-order valence-corrected chi connectivity index (χ3v) is 34.7. The molecule has 12 fully saturated rings. The summed E-state index contributed by atoms with van der Waals surface area (Å²) in [6.45, 7) is 55.5. The number of amides is 11. The summed E-state index contributed by atoms with van der Waals surface area (Å²) in [5.41, 5.74) is 9.80. The van der Waals surface area contributed by atoms with Gasteiger partial charge in [-0.3, -0.25) is 57.5 Å².